The van der Waals surface area contributed by atoms with Crippen LogP contribution in [-0.2, 0) is 4.74 Å². The Balaban J connectivity index is 2.95. The summed E-state index contributed by atoms with van der Waals surface area (Å²) in [6.45, 7) is 1.92. The van der Waals surface area contributed by atoms with Gasteiger partial charge in [0, 0.05) is 4.47 Å². The predicted molar refractivity (Wildman–Crippen MR) is 50.1 cm³/mol. The fourth-order valence-electron chi connectivity index (χ4n) is 0.864. The number of halogens is 2. The van der Waals surface area contributed by atoms with Crippen molar-refractivity contribution in [2.45, 2.75) is 6.92 Å². The van der Waals surface area contributed by atoms with E-state index in [0.29, 0.717) is 4.47 Å². The van der Waals surface area contributed by atoms with E-state index >= 15 is 0 Å². The summed E-state index contributed by atoms with van der Waals surface area (Å²) in [4.78, 5) is 11.1. The quantitative estimate of drug-likeness (QED) is 0.751. The fraction of sp³-hybridized carbons (Fsp3) is 0.222. The second kappa shape index (κ2) is 4.37. The standard InChI is InChI=1S/C9H8BrFO2/c1-2-13-9(12)7-4-3-6(10)5-8(7)11/h3-5H,2H2,1H3. The minimum absolute atomic E-state index is 0.0370. The van der Waals surface area contributed by atoms with Crippen LogP contribution in [-0.4, -0.2) is 12.6 Å². The fourth-order valence-corrected chi connectivity index (χ4v) is 1.20. The van der Waals surface area contributed by atoms with Crippen molar-refractivity contribution in [2.24, 2.45) is 0 Å². The monoisotopic (exact) mass is 246 g/mol. The molecule has 0 aliphatic heterocycles. The molecule has 4 heteroatoms. The molecule has 0 aliphatic carbocycles. The Hall–Kier alpha value is -0.900. The molecule has 0 N–H and O–H groups in total. The van der Waals surface area contributed by atoms with Gasteiger partial charge in [-0.2, -0.15) is 0 Å². The average Bonchev–Trinajstić information content (AvgIpc) is 2.04. The highest BCUT2D eigenvalue weighted by Gasteiger charge is 2.11. The van der Waals surface area contributed by atoms with Gasteiger partial charge in [-0.05, 0) is 25.1 Å². The van der Waals surface area contributed by atoms with Gasteiger partial charge in [-0.3, -0.25) is 0 Å². The van der Waals surface area contributed by atoms with Gasteiger partial charge in [0.2, 0.25) is 0 Å². The van der Waals surface area contributed by atoms with Gasteiger partial charge in [-0.25, -0.2) is 9.18 Å². The Labute approximate surface area is 83.8 Å². The zero-order valence-corrected chi connectivity index (χ0v) is 8.60. The molecular weight excluding hydrogens is 239 g/mol. The van der Waals surface area contributed by atoms with Gasteiger partial charge < -0.3 is 4.74 Å². The first-order valence-corrected chi connectivity index (χ1v) is 4.56. The van der Waals surface area contributed by atoms with E-state index in [1.165, 1.54) is 12.1 Å². The molecule has 0 heterocycles. The van der Waals surface area contributed by atoms with Crippen LogP contribution in [0.2, 0.25) is 0 Å². The maximum atomic E-state index is 13.1. The van der Waals surface area contributed by atoms with Crippen molar-refractivity contribution in [3.8, 4) is 0 Å². The van der Waals surface area contributed by atoms with Gasteiger partial charge >= 0.3 is 5.97 Å². The molecule has 0 bridgehead atoms. The summed E-state index contributed by atoms with van der Waals surface area (Å²) in [5, 5.41) is 0. The molecule has 0 aromatic heterocycles. The molecule has 0 radical (unpaired) electrons. The molecule has 1 rings (SSSR count). The number of benzene rings is 1. The van der Waals surface area contributed by atoms with Crippen molar-refractivity contribution >= 4 is 21.9 Å². The molecule has 0 unspecified atom stereocenters. The minimum atomic E-state index is -0.632. The third kappa shape index (κ3) is 2.52. The highest BCUT2D eigenvalue weighted by atomic mass is 79.9. The number of carbonyl (C=O) groups is 1. The predicted octanol–water partition coefficient (Wildman–Crippen LogP) is 2.76. The molecule has 0 spiro atoms. The smallest absolute Gasteiger partial charge is 0.341 e. The molecule has 0 atom stereocenters. The van der Waals surface area contributed by atoms with Crippen LogP contribution in [0.3, 0.4) is 0 Å². The Morgan fingerprint density at radius 3 is 2.85 bits per heavy atom. The number of hydrogen-bond acceptors (Lipinski definition) is 2. The summed E-state index contributed by atoms with van der Waals surface area (Å²) in [5.41, 5.74) is -0.0370. The molecule has 70 valence electrons. The van der Waals surface area contributed by atoms with E-state index in [4.69, 9.17) is 0 Å². The SMILES string of the molecule is CCOC(=O)c1ccc(Br)cc1F. The van der Waals surface area contributed by atoms with Crippen LogP contribution in [0.15, 0.2) is 22.7 Å². The summed E-state index contributed by atoms with van der Waals surface area (Å²) < 4.78 is 18.3. The van der Waals surface area contributed by atoms with Crippen LogP contribution in [0.4, 0.5) is 4.39 Å². The third-order valence-electron chi connectivity index (χ3n) is 1.43. The average molecular weight is 247 g/mol. The Kier molecular flexibility index (Phi) is 3.42. The van der Waals surface area contributed by atoms with E-state index in [1.54, 1.807) is 13.0 Å². The van der Waals surface area contributed by atoms with Gasteiger partial charge in [0.05, 0.1) is 12.2 Å². The topological polar surface area (TPSA) is 26.3 Å². The van der Waals surface area contributed by atoms with Crippen LogP contribution in [0.5, 0.6) is 0 Å². The van der Waals surface area contributed by atoms with Gasteiger partial charge in [-0.1, -0.05) is 15.9 Å². The Bertz CT molecular complexity index is 325. The van der Waals surface area contributed by atoms with Crippen molar-refractivity contribution in [1.82, 2.24) is 0 Å². The molecule has 0 saturated carbocycles. The lowest BCUT2D eigenvalue weighted by Crippen LogP contribution is -2.06. The van der Waals surface area contributed by atoms with Crippen LogP contribution in [0.25, 0.3) is 0 Å². The highest BCUT2D eigenvalue weighted by Crippen LogP contribution is 2.15. The molecule has 1 aromatic rings. The zero-order valence-electron chi connectivity index (χ0n) is 7.01. The number of rotatable bonds is 2. The molecular formula is C9H8BrFO2. The molecule has 0 saturated heterocycles. The van der Waals surface area contributed by atoms with E-state index in [1.807, 2.05) is 0 Å². The maximum absolute atomic E-state index is 13.1. The second-order valence-corrected chi connectivity index (χ2v) is 3.26. The maximum Gasteiger partial charge on any atom is 0.341 e. The highest BCUT2D eigenvalue weighted by molar-refractivity contribution is 9.10. The van der Waals surface area contributed by atoms with Crippen LogP contribution < -0.4 is 0 Å². The summed E-state index contributed by atoms with van der Waals surface area (Å²) in [6, 6.07) is 4.21. The van der Waals surface area contributed by atoms with Crippen LogP contribution in [0.1, 0.15) is 17.3 Å². The summed E-state index contributed by atoms with van der Waals surface area (Å²) in [6.07, 6.45) is 0. The molecule has 0 aliphatic rings. The molecule has 0 amide bonds. The van der Waals surface area contributed by atoms with Gasteiger partial charge in [0.25, 0.3) is 0 Å². The summed E-state index contributed by atoms with van der Waals surface area (Å²) >= 11 is 3.09. The van der Waals surface area contributed by atoms with E-state index in [-0.39, 0.29) is 12.2 Å². The summed E-state index contributed by atoms with van der Waals surface area (Å²) in [5.74, 6) is -1.21. The van der Waals surface area contributed by atoms with E-state index < -0.39 is 11.8 Å². The van der Waals surface area contributed by atoms with Gasteiger partial charge in [-0.15, -0.1) is 0 Å². The normalized spacial score (nSPS) is 9.77. The largest absolute Gasteiger partial charge is 0.462 e. The van der Waals surface area contributed by atoms with Crippen molar-refractivity contribution in [3.05, 3.63) is 34.1 Å². The number of esters is 1. The molecule has 1 aromatic carbocycles. The molecule has 2 nitrogen and oxygen atoms in total. The Morgan fingerprint density at radius 1 is 1.62 bits per heavy atom. The lowest BCUT2D eigenvalue weighted by Gasteiger charge is -2.02. The second-order valence-electron chi connectivity index (χ2n) is 2.34. The molecule has 0 fully saturated rings. The zero-order chi connectivity index (χ0) is 9.84. The molecule has 13 heavy (non-hydrogen) atoms. The van der Waals surface area contributed by atoms with Crippen molar-refractivity contribution < 1.29 is 13.9 Å². The van der Waals surface area contributed by atoms with Gasteiger partial charge in [0.1, 0.15) is 5.82 Å². The van der Waals surface area contributed by atoms with Crippen LogP contribution in [0, 0.1) is 5.82 Å². The van der Waals surface area contributed by atoms with Crippen LogP contribution >= 0.6 is 15.9 Å². The minimum Gasteiger partial charge on any atom is -0.462 e. The Morgan fingerprint density at radius 2 is 2.31 bits per heavy atom. The third-order valence-corrected chi connectivity index (χ3v) is 1.92. The number of carbonyl (C=O) groups excluding carboxylic acids is 1. The lowest BCUT2D eigenvalue weighted by atomic mass is 10.2. The van der Waals surface area contributed by atoms with Crippen molar-refractivity contribution in [3.63, 3.8) is 0 Å². The number of hydrogen-bond donors (Lipinski definition) is 0. The first-order chi connectivity index (χ1) is 6.15. The van der Waals surface area contributed by atoms with E-state index in [2.05, 4.69) is 20.7 Å². The lowest BCUT2D eigenvalue weighted by molar-refractivity contribution is 0.0521. The first kappa shape index (κ1) is 10.2. The van der Waals surface area contributed by atoms with Crippen molar-refractivity contribution in [2.75, 3.05) is 6.61 Å². The van der Waals surface area contributed by atoms with E-state index in [0.717, 1.165) is 0 Å². The van der Waals surface area contributed by atoms with Gasteiger partial charge in [0.15, 0.2) is 0 Å². The summed E-state index contributed by atoms with van der Waals surface area (Å²) in [7, 11) is 0. The van der Waals surface area contributed by atoms with E-state index in [9.17, 15) is 9.18 Å². The van der Waals surface area contributed by atoms with Crippen molar-refractivity contribution in [1.29, 1.82) is 0 Å². The first-order valence-electron chi connectivity index (χ1n) is 3.77. The number of ether oxygens (including phenoxy) is 1.